The molecule has 0 aliphatic carbocycles. The van der Waals surface area contributed by atoms with E-state index in [0.717, 1.165) is 0 Å². The Balaban J connectivity index is 2.00. The van der Waals surface area contributed by atoms with Crippen molar-refractivity contribution in [1.29, 1.82) is 0 Å². The van der Waals surface area contributed by atoms with E-state index in [1.54, 1.807) is 30.1 Å². The number of hydrogen-bond donors (Lipinski definition) is 0. The molecule has 0 saturated heterocycles. The summed E-state index contributed by atoms with van der Waals surface area (Å²) in [5.41, 5.74) is 1.04. The smallest absolute Gasteiger partial charge is 0.387 e. The Morgan fingerprint density at radius 1 is 1.11 bits per heavy atom. The van der Waals surface area contributed by atoms with Crippen LogP contribution in [0.1, 0.15) is 6.92 Å². The zero-order chi connectivity index (χ0) is 19.8. The molecule has 3 heterocycles. The van der Waals surface area contributed by atoms with E-state index < -0.39 is 6.61 Å². The molecule has 28 heavy (non-hydrogen) atoms. The van der Waals surface area contributed by atoms with Gasteiger partial charge >= 0.3 is 6.61 Å². The first kappa shape index (κ1) is 17.9. The van der Waals surface area contributed by atoms with Gasteiger partial charge in [-0.05, 0) is 37.3 Å². The van der Waals surface area contributed by atoms with Gasteiger partial charge in [-0.3, -0.25) is 14.0 Å². The Morgan fingerprint density at radius 3 is 2.54 bits per heavy atom. The third-order valence-corrected chi connectivity index (χ3v) is 4.19. The van der Waals surface area contributed by atoms with Crippen LogP contribution < -0.4 is 15.0 Å². The molecule has 0 aliphatic heterocycles. The van der Waals surface area contributed by atoms with Gasteiger partial charge in [0.1, 0.15) is 11.3 Å². The summed E-state index contributed by atoms with van der Waals surface area (Å²) in [4.78, 5) is 17.6. The summed E-state index contributed by atoms with van der Waals surface area (Å²) < 4.78 is 37.6. The highest BCUT2D eigenvalue weighted by Gasteiger charge is 2.17. The fourth-order valence-electron chi connectivity index (χ4n) is 3.09. The van der Waals surface area contributed by atoms with Gasteiger partial charge in [0, 0.05) is 24.7 Å². The fourth-order valence-corrected chi connectivity index (χ4v) is 3.09. The maximum Gasteiger partial charge on any atom is 0.387 e. The first-order chi connectivity index (χ1) is 13.5. The van der Waals surface area contributed by atoms with Crippen LogP contribution in [-0.4, -0.2) is 32.5 Å². The Morgan fingerprint density at radius 2 is 1.86 bits per heavy atom. The molecule has 3 aromatic heterocycles. The van der Waals surface area contributed by atoms with Crippen LogP contribution in [-0.2, 0) is 7.05 Å². The lowest BCUT2D eigenvalue weighted by Gasteiger charge is -2.12. The van der Waals surface area contributed by atoms with E-state index in [2.05, 4.69) is 14.8 Å². The second-order valence-corrected chi connectivity index (χ2v) is 6.03. The number of benzene rings is 1. The van der Waals surface area contributed by atoms with Crippen molar-refractivity contribution in [3.05, 3.63) is 52.9 Å². The summed E-state index contributed by atoms with van der Waals surface area (Å²) in [5, 5.41) is 5.48. The van der Waals surface area contributed by atoms with Crippen molar-refractivity contribution in [1.82, 2.24) is 19.3 Å². The molecule has 0 N–H and O–H groups in total. The molecule has 0 amide bonds. The highest BCUT2D eigenvalue weighted by molar-refractivity contribution is 6.02. The lowest BCUT2D eigenvalue weighted by Crippen LogP contribution is -2.19. The second-order valence-electron chi connectivity index (χ2n) is 6.03. The minimum absolute atomic E-state index is 0.00141. The van der Waals surface area contributed by atoms with Gasteiger partial charge in [-0.25, -0.2) is 0 Å². The number of pyridine rings is 2. The summed E-state index contributed by atoms with van der Waals surface area (Å²) in [6.07, 6.45) is 1.64. The van der Waals surface area contributed by atoms with Gasteiger partial charge in [0.15, 0.2) is 5.65 Å². The number of nitrogens with zero attached hydrogens (tertiary/aromatic N) is 4. The summed E-state index contributed by atoms with van der Waals surface area (Å²) in [7, 11) is 1.73. The van der Waals surface area contributed by atoms with Crippen molar-refractivity contribution >= 4 is 21.9 Å². The number of alkyl halides is 2. The minimum Gasteiger partial charge on any atom is -0.478 e. The summed E-state index contributed by atoms with van der Waals surface area (Å²) >= 11 is 0. The Hall–Kier alpha value is -3.49. The third-order valence-electron chi connectivity index (χ3n) is 4.19. The molecule has 0 fully saturated rings. The highest BCUT2D eigenvalue weighted by Crippen LogP contribution is 2.26. The first-order valence-corrected chi connectivity index (χ1v) is 8.55. The first-order valence-electron chi connectivity index (χ1n) is 8.55. The van der Waals surface area contributed by atoms with Crippen LogP contribution in [0.2, 0.25) is 0 Å². The molecular weight excluding hydrogens is 370 g/mol. The summed E-state index contributed by atoms with van der Waals surface area (Å²) in [6.45, 7) is -0.659. The zero-order valence-corrected chi connectivity index (χ0v) is 15.1. The molecule has 4 aromatic rings. The zero-order valence-electron chi connectivity index (χ0n) is 15.1. The molecule has 0 atom stereocenters. The molecular formula is C19H16F2N4O3. The van der Waals surface area contributed by atoms with Crippen LogP contribution in [0.25, 0.3) is 27.6 Å². The van der Waals surface area contributed by atoms with Crippen molar-refractivity contribution in [3.63, 3.8) is 0 Å². The van der Waals surface area contributed by atoms with E-state index in [0.29, 0.717) is 40.1 Å². The van der Waals surface area contributed by atoms with Gasteiger partial charge < -0.3 is 9.47 Å². The molecule has 0 spiro atoms. The molecule has 0 saturated carbocycles. The van der Waals surface area contributed by atoms with Crippen LogP contribution in [0.3, 0.4) is 0 Å². The van der Waals surface area contributed by atoms with E-state index in [9.17, 15) is 13.6 Å². The van der Waals surface area contributed by atoms with E-state index >= 15 is 0 Å². The maximum atomic E-state index is 13.2. The number of hydrogen-bond acceptors (Lipinski definition) is 5. The maximum absolute atomic E-state index is 13.2. The van der Waals surface area contributed by atoms with E-state index in [-0.39, 0.29) is 11.3 Å². The van der Waals surface area contributed by atoms with Crippen LogP contribution >= 0.6 is 0 Å². The number of ether oxygens (including phenoxy) is 2. The average molecular weight is 386 g/mol. The fraction of sp³-hybridized carbons (Fsp3) is 0.211. The Kier molecular flexibility index (Phi) is 4.42. The van der Waals surface area contributed by atoms with Gasteiger partial charge in [0.05, 0.1) is 17.7 Å². The van der Waals surface area contributed by atoms with Gasteiger partial charge in [-0.1, -0.05) is 0 Å². The van der Waals surface area contributed by atoms with E-state index in [1.807, 2.05) is 6.92 Å². The lowest BCUT2D eigenvalue weighted by molar-refractivity contribution is -0.0498. The van der Waals surface area contributed by atoms with Crippen molar-refractivity contribution in [3.8, 4) is 17.3 Å². The van der Waals surface area contributed by atoms with Gasteiger partial charge in [0.25, 0.3) is 5.56 Å². The quantitative estimate of drug-likeness (QED) is 0.526. The van der Waals surface area contributed by atoms with Crippen molar-refractivity contribution in [2.75, 3.05) is 6.61 Å². The Bertz CT molecular complexity index is 1220. The van der Waals surface area contributed by atoms with Crippen molar-refractivity contribution in [2.45, 2.75) is 13.5 Å². The average Bonchev–Trinajstić information content (AvgIpc) is 3.05. The number of rotatable bonds is 5. The van der Waals surface area contributed by atoms with Crippen molar-refractivity contribution in [2.24, 2.45) is 7.05 Å². The van der Waals surface area contributed by atoms with Gasteiger partial charge in [0.2, 0.25) is 5.88 Å². The van der Waals surface area contributed by atoms with Gasteiger partial charge in [-0.2, -0.15) is 18.9 Å². The van der Waals surface area contributed by atoms with Gasteiger partial charge in [-0.15, -0.1) is 0 Å². The summed E-state index contributed by atoms with van der Waals surface area (Å²) in [6, 6.07) is 9.31. The van der Waals surface area contributed by atoms with Crippen molar-refractivity contribution < 1.29 is 18.3 Å². The standard InChI is InChI=1S/C19H16F2N4O3/c1-3-27-15-9-8-13-16-14(10-24(2)23-16)18(26)25(17(13)22-15)11-4-6-12(7-5-11)28-19(20)21/h4-10,19H,3H2,1-2H3. The SMILES string of the molecule is CCOc1ccc2c3nn(C)cc3c(=O)n(-c3ccc(OC(F)F)cc3)c2n1. The number of halogens is 2. The molecule has 144 valence electrons. The molecule has 7 nitrogen and oxygen atoms in total. The molecule has 1 aromatic carbocycles. The number of aromatic nitrogens is 4. The molecule has 0 radical (unpaired) electrons. The third kappa shape index (κ3) is 3.04. The highest BCUT2D eigenvalue weighted by atomic mass is 19.3. The van der Waals surface area contributed by atoms with Crippen LogP contribution in [0.4, 0.5) is 8.78 Å². The van der Waals surface area contributed by atoms with E-state index in [4.69, 9.17) is 4.74 Å². The Labute approximate surface area is 157 Å². The lowest BCUT2D eigenvalue weighted by atomic mass is 10.2. The molecule has 0 unspecified atom stereocenters. The summed E-state index contributed by atoms with van der Waals surface area (Å²) in [5.74, 6) is 0.373. The monoisotopic (exact) mass is 386 g/mol. The predicted molar refractivity (Wildman–Crippen MR) is 99.4 cm³/mol. The second kappa shape index (κ2) is 6.91. The normalized spacial score (nSPS) is 11.5. The number of aryl methyl sites for hydroxylation is 1. The minimum atomic E-state index is -2.92. The molecule has 0 aliphatic rings. The topological polar surface area (TPSA) is 71.2 Å². The number of fused-ring (bicyclic) bond motifs is 3. The van der Waals surface area contributed by atoms with Crippen LogP contribution in [0.15, 0.2) is 47.4 Å². The molecule has 9 heteroatoms. The molecule has 4 rings (SSSR count). The van der Waals surface area contributed by atoms with Crippen LogP contribution in [0.5, 0.6) is 11.6 Å². The van der Waals surface area contributed by atoms with E-state index in [1.165, 1.54) is 28.8 Å². The predicted octanol–water partition coefficient (Wildman–Crippen LogP) is 3.27. The van der Waals surface area contributed by atoms with Crippen LogP contribution in [0, 0.1) is 0 Å². The largest absolute Gasteiger partial charge is 0.478 e. The molecule has 0 bridgehead atoms.